The fourth-order valence-electron chi connectivity index (χ4n) is 2.07. The van der Waals surface area contributed by atoms with E-state index < -0.39 is 0 Å². The van der Waals surface area contributed by atoms with Crippen LogP contribution in [-0.4, -0.2) is 42.7 Å². The third kappa shape index (κ3) is 3.30. The highest BCUT2D eigenvalue weighted by Gasteiger charge is 2.37. The smallest absolute Gasteiger partial charge is 0.0447 e. The van der Waals surface area contributed by atoms with E-state index in [0.29, 0.717) is 12.6 Å². The maximum Gasteiger partial charge on any atom is 0.0447 e. The summed E-state index contributed by atoms with van der Waals surface area (Å²) < 4.78 is 0. The maximum absolute atomic E-state index is 5.90. The molecule has 88 valence electrons. The van der Waals surface area contributed by atoms with E-state index in [0.717, 1.165) is 26.1 Å². The Morgan fingerprint density at radius 2 is 2.27 bits per heavy atom. The second-order valence-corrected chi connectivity index (χ2v) is 5.11. The van der Waals surface area contributed by atoms with E-state index in [1.165, 1.54) is 5.57 Å². The molecule has 1 atom stereocenters. The van der Waals surface area contributed by atoms with E-state index in [4.69, 9.17) is 5.73 Å². The predicted molar refractivity (Wildman–Crippen MR) is 65.9 cm³/mol. The summed E-state index contributed by atoms with van der Waals surface area (Å²) >= 11 is 0. The van der Waals surface area contributed by atoms with Crippen LogP contribution in [0.1, 0.15) is 27.2 Å². The summed E-state index contributed by atoms with van der Waals surface area (Å²) in [6.07, 6.45) is 1.15. The van der Waals surface area contributed by atoms with Gasteiger partial charge in [-0.05, 0) is 27.2 Å². The number of hydrogen-bond acceptors (Lipinski definition) is 3. The van der Waals surface area contributed by atoms with Crippen molar-refractivity contribution in [1.82, 2.24) is 10.2 Å². The molecule has 1 unspecified atom stereocenters. The Morgan fingerprint density at radius 1 is 1.60 bits per heavy atom. The molecule has 1 heterocycles. The first-order chi connectivity index (χ1) is 6.99. The Balaban J connectivity index is 2.52. The molecule has 0 bridgehead atoms. The lowest BCUT2D eigenvalue weighted by Gasteiger charge is -2.30. The monoisotopic (exact) mass is 211 g/mol. The quantitative estimate of drug-likeness (QED) is 0.666. The van der Waals surface area contributed by atoms with Crippen LogP contribution in [0.3, 0.4) is 0 Å². The van der Waals surface area contributed by atoms with E-state index in [1.807, 2.05) is 6.92 Å². The molecule has 0 aromatic rings. The standard InChI is InChI=1S/C12H25N3/c1-10(2)7-14-12(8-13)5-6-15(9-12)11(3)4/h11,14H,1,5-9,13H2,2-4H3. The molecule has 3 N–H and O–H groups in total. The number of nitrogens with two attached hydrogens (primary N) is 1. The van der Waals surface area contributed by atoms with Crippen molar-refractivity contribution in [2.75, 3.05) is 26.2 Å². The fraction of sp³-hybridized carbons (Fsp3) is 0.833. The van der Waals surface area contributed by atoms with Gasteiger partial charge in [-0.15, -0.1) is 0 Å². The first-order valence-corrected chi connectivity index (χ1v) is 5.82. The molecule has 3 heteroatoms. The Morgan fingerprint density at radius 3 is 2.67 bits per heavy atom. The summed E-state index contributed by atoms with van der Waals surface area (Å²) in [7, 11) is 0. The van der Waals surface area contributed by atoms with Gasteiger partial charge in [-0.25, -0.2) is 0 Å². The lowest BCUT2D eigenvalue weighted by Crippen LogP contribution is -2.54. The summed E-state index contributed by atoms with van der Waals surface area (Å²) in [6, 6.07) is 0.616. The van der Waals surface area contributed by atoms with Gasteiger partial charge in [-0.3, -0.25) is 4.90 Å². The van der Waals surface area contributed by atoms with E-state index in [1.54, 1.807) is 0 Å². The van der Waals surface area contributed by atoms with Crippen LogP contribution < -0.4 is 11.1 Å². The van der Waals surface area contributed by atoms with Crippen LogP contribution >= 0.6 is 0 Å². The van der Waals surface area contributed by atoms with Gasteiger partial charge in [0.05, 0.1) is 0 Å². The largest absolute Gasteiger partial charge is 0.329 e. The van der Waals surface area contributed by atoms with Crippen molar-refractivity contribution in [3.8, 4) is 0 Å². The van der Waals surface area contributed by atoms with Crippen LogP contribution in [0, 0.1) is 0 Å². The number of nitrogens with one attached hydrogen (secondary N) is 1. The molecule has 3 nitrogen and oxygen atoms in total. The van der Waals surface area contributed by atoms with Crippen LogP contribution in [0.2, 0.25) is 0 Å². The van der Waals surface area contributed by atoms with Crippen LogP contribution in [0.25, 0.3) is 0 Å². The SMILES string of the molecule is C=C(C)CNC1(CN)CCN(C(C)C)C1. The first-order valence-electron chi connectivity index (χ1n) is 5.82. The van der Waals surface area contributed by atoms with Gasteiger partial charge in [0.25, 0.3) is 0 Å². The maximum atomic E-state index is 5.90. The van der Waals surface area contributed by atoms with E-state index in [-0.39, 0.29) is 5.54 Å². The molecule has 1 aliphatic rings. The number of likely N-dealkylation sites (tertiary alicyclic amines) is 1. The third-order valence-electron chi connectivity index (χ3n) is 3.27. The molecule has 1 fully saturated rings. The zero-order chi connectivity index (χ0) is 11.5. The number of rotatable bonds is 5. The van der Waals surface area contributed by atoms with Gasteiger partial charge in [0.2, 0.25) is 0 Å². The number of nitrogens with zero attached hydrogens (tertiary/aromatic N) is 1. The molecule has 1 saturated heterocycles. The Labute approximate surface area is 93.7 Å². The van der Waals surface area contributed by atoms with E-state index in [2.05, 4.69) is 30.6 Å². The highest BCUT2D eigenvalue weighted by atomic mass is 15.2. The van der Waals surface area contributed by atoms with E-state index >= 15 is 0 Å². The Kier molecular flexibility index (Phi) is 4.32. The molecule has 1 rings (SSSR count). The van der Waals surface area contributed by atoms with Crippen molar-refractivity contribution in [2.45, 2.75) is 38.8 Å². The zero-order valence-corrected chi connectivity index (χ0v) is 10.3. The van der Waals surface area contributed by atoms with Crippen molar-refractivity contribution in [2.24, 2.45) is 5.73 Å². The van der Waals surface area contributed by atoms with Crippen LogP contribution in [0.4, 0.5) is 0 Å². The fourth-order valence-corrected chi connectivity index (χ4v) is 2.07. The van der Waals surface area contributed by atoms with Crippen molar-refractivity contribution >= 4 is 0 Å². The zero-order valence-electron chi connectivity index (χ0n) is 10.3. The average Bonchev–Trinajstić information content (AvgIpc) is 2.60. The normalized spacial score (nSPS) is 27.5. The Hall–Kier alpha value is -0.380. The van der Waals surface area contributed by atoms with Gasteiger partial charge < -0.3 is 11.1 Å². The third-order valence-corrected chi connectivity index (χ3v) is 3.27. The molecule has 15 heavy (non-hydrogen) atoms. The molecule has 0 aliphatic carbocycles. The Bertz CT molecular complexity index is 225. The molecule has 0 aromatic heterocycles. The number of hydrogen-bond donors (Lipinski definition) is 2. The van der Waals surface area contributed by atoms with Gasteiger partial charge in [0.1, 0.15) is 0 Å². The van der Waals surface area contributed by atoms with Crippen molar-refractivity contribution in [3.63, 3.8) is 0 Å². The molecule has 0 aromatic carbocycles. The summed E-state index contributed by atoms with van der Waals surface area (Å²) in [5.74, 6) is 0. The lowest BCUT2D eigenvalue weighted by molar-refractivity contribution is 0.244. The summed E-state index contributed by atoms with van der Waals surface area (Å²) in [6.45, 7) is 14.3. The minimum Gasteiger partial charge on any atom is -0.329 e. The van der Waals surface area contributed by atoms with Crippen LogP contribution in [0.15, 0.2) is 12.2 Å². The van der Waals surface area contributed by atoms with Gasteiger partial charge in [-0.1, -0.05) is 12.2 Å². The lowest BCUT2D eigenvalue weighted by atomic mass is 9.98. The van der Waals surface area contributed by atoms with Gasteiger partial charge in [-0.2, -0.15) is 0 Å². The summed E-state index contributed by atoms with van der Waals surface area (Å²) in [4.78, 5) is 2.48. The highest BCUT2D eigenvalue weighted by molar-refractivity contribution is 5.02. The molecule has 0 saturated carbocycles. The van der Waals surface area contributed by atoms with Gasteiger partial charge >= 0.3 is 0 Å². The van der Waals surface area contributed by atoms with Crippen LogP contribution in [0.5, 0.6) is 0 Å². The minimum atomic E-state index is 0.114. The predicted octanol–water partition coefficient (Wildman–Crippen LogP) is 0.964. The topological polar surface area (TPSA) is 41.3 Å². The summed E-state index contributed by atoms with van der Waals surface area (Å²) in [5, 5.41) is 3.56. The first kappa shape index (κ1) is 12.7. The second-order valence-electron chi connectivity index (χ2n) is 5.11. The van der Waals surface area contributed by atoms with E-state index in [9.17, 15) is 0 Å². The van der Waals surface area contributed by atoms with Gasteiger partial charge in [0.15, 0.2) is 0 Å². The second kappa shape index (κ2) is 5.10. The molecular formula is C12H25N3. The van der Waals surface area contributed by atoms with Crippen molar-refractivity contribution < 1.29 is 0 Å². The highest BCUT2D eigenvalue weighted by Crippen LogP contribution is 2.22. The minimum absolute atomic E-state index is 0.114. The van der Waals surface area contributed by atoms with Crippen molar-refractivity contribution in [1.29, 1.82) is 0 Å². The average molecular weight is 211 g/mol. The molecule has 0 radical (unpaired) electrons. The molecule has 0 spiro atoms. The van der Waals surface area contributed by atoms with Crippen LogP contribution in [-0.2, 0) is 0 Å². The van der Waals surface area contributed by atoms with Gasteiger partial charge in [0, 0.05) is 37.8 Å². The molecule has 1 aliphatic heterocycles. The molecule has 0 amide bonds. The molecular weight excluding hydrogens is 186 g/mol. The van der Waals surface area contributed by atoms with Crippen molar-refractivity contribution in [3.05, 3.63) is 12.2 Å². The summed E-state index contributed by atoms with van der Waals surface area (Å²) in [5.41, 5.74) is 7.18.